The van der Waals surface area contributed by atoms with Crippen molar-refractivity contribution in [2.24, 2.45) is 11.8 Å². The number of likely N-dealkylation sites (tertiary alicyclic amines) is 1. The summed E-state index contributed by atoms with van der Waals surface area (Å²) in [5.74, 6) is -1.42. The number of aromatic nitrogens is 1. The molecule has 0 N–H and O–H groups in total. The highest BCUT2D eigenvalue weighted by Crippen LogP contribution is 2.35. The zero-order valence-corrected chi connectivity index (χ0v) is 17.3. The van der Waals surface area contributed by atoms with Gasteiger partial charge < -0.3 is 4.74 Å². The van der Waals surface area contributed by atoms with E-state index in [0.717, 1.165) is 28.0 Å². The van der Waals surface area contributed by atoms with E-state index >= 15 is 0 Å². The van der Waals surface area contributed by atoms with Crippen molar-refractivity contribution in [2.45, 2.75) is 31.8 Å². The van der Waals surface area contributed by atoms with Gasteiger partial charge in [-0.25, -0.2) is 4.98 Å². The summed E-state index contributed by atoms with van der Waals surface area (Å²) < 4.78 is 6.73. The molecule has 3 aliphatic rings. The molecule has 2 aliphatic heterocycles. The predicted octanol–water partition coefficient (Wildman–Crippen LogP) is 2.76. The first-order valence-electron chi connectivity index (χ1n) is 10.4. The summed E-state index contributed by atoms with van der Waals surface area (Å²) in [6.45, 7) is 0.822. The summed E-state index contributed by atoms with van der Waals surface area (Å²) in [6.07, 6.45) is 6.82. The molecule has 0 radical (unpaired) electrons. The second-order valence-corrected chi connectivity index (χ2v) is 9.03. The first kappa shape index (κ1) is 19.4. The number of ether oxygens (including phenoxy) is 1. The number of fused-ring (bicyclic) bond motifs is 2. The molecule has 2 aromatic rings. The largest absolute Gasteiger partial charge is 0.376 e. The van der Waals surface area contributed by atoms with Crippen LogP contribution in [0.5, 0.6) is 0 Å². The SMILES string of the molecule is O=C1C2CC=CCC2C(=O)N1CC(=O)N(CC1CCCO1)c1nc2ccccc2s1. The van der Waals surface area contributed by atoms with Crippen LogP contribution >= 0.6 is 11.3 Å². The smallest absolute Gasteiger partial charge is 0.249 e. The average Bonchev–Trinajstić information content (AvgIpc) is 3.48. The number of hydrogen-bond acceptors (Lipinski definition) is 6. The summed E-state index contributed by atoms with van der Waals surface area (Å²) in [5.41, 5.74) is 0.827. The predicted molar refractivity (Wildman–Crippen MR) is 113 cm³/mol. The van der Waals surface area contributed by atoms with Gasteiger partial charge in [0.25, 0.3) is 0 Å². The fraction of sp³-hybridized carbons (Fsp3) is 0.455. The minimum Gasteiger partial charge on any atom is -0.376 e. The van der Waals surface area contributed by atoms with Crippen molar-refractivity contribution >= 4 is 44.4 Å². The molecule has 1 aromatic heterocycles. The van der Waals surface area contributed by atoms with E-state index in [2.05, 4.69) is 4.98 Å². The van der Waals surface area contributed by atoms with E-state index in [1.807, 2.05) is 36.4 Å². The van der Waals surface area contributed by atoms with Crippen LogP contribution in [0.15, 0.2) is 36.4 Å². The third-order valence-electron chi connectivity index (χ3n) is 6.12. The van der Waals surface area contributed by atoms with Gasteiger partial charge in [0, 0.05) is 6.61 Å². The Kier molecular flexibility index (Phi) is 5.12. The van der Waals surface area contributed by atoms with Crippen molar-refractivity contribution in [2.75, 3.05) is 24.6 Å². The highest BCUT2D eigenvalue weighted by atomic mass is 32.1. The molecule has 3 unspecified atom stereocenters. The van der Waals surface area contributed by atoms with Crippen molar-refractivity contribution in [3.05, 3.63) is 36.4 Å². The molecule has 1 aliphatic carbocycles. The third kappa shape index (κ3) is 3.44. The van der Waals surface area contributed by atoms with Crippen molar-refractivity contribution in [1.29, 1.82) is 0 Å². The minimum atomic E-state index is -0.329. The normalized spacial score (nSPS) is 25.9. The van der Waals surface area contributed by atoms with E-state index in [0.29, 0.717) is 31.1 Å². The lowest BCUT2D eigenvalue weighted by atomic mass is 9.85. The van der Waals surface area contributed by atoms with Crippen LogP contribution in [-0.4, -0.2) is 53.4 Å². The monoisotopic (exact) mass is 425 g/mol. The van der Waals surface area contributed by atoms with Crippen molar-refractivity contribution in [1.82, 2.24) is 9.88 Å². The van der Waals surface area contributed by atoms with Gasteiger partial charge in [0.05, 0.1) is 34.7 Å². The number of anilines is 1. The standard InChI is InChI=1S/C22H23N3O4S/c26-19(13-25-20(27)15-7-1-2-8-16(15)21(25)28)24(12-14-6-5-11-29-14)22-23-17-9-3-4-10-18(17)30-22/h1-4,9-10,14-16H,5-8,11-13H2. The van der Waals surface area contributed by atoms with Gasteiger partial charge in [-0.15, -0.1) is 0 Å². The van der Waals surface area contributed by atoms with Crippen LogP contribution in [0.1, 0.15) is 25.7 Å². The van der Waals surface area contributed by atoms with E-state index in [4.69, 9.17) is 4.74 Å². The molecule has 156 valence electrons. The Bertz CT molecular complexity index is 967. The van der Waals surface area contributed by atoms with E-state index in [9.17, 15) is 14.4 Å². The molecule has 2 saturated heterocycles. The Morgan fingerprint density at radius 1 is 1.17 bits per heavy atom. The molecule has 0 saturated carbocycles. The molecule has 8 heteroatoms. The molecular weight excluding hydrogens is 402 g/mol. The number of rotatable bonds is 5. The van der Waals surface area contributed by atoms with Gasteiger partial charge >= 0.3 is 0 Å². The van der Waals surface area contributed by atoms with Gasteiger partial charge in [-0.3, -0.25) is 24.2 Å². The van der Waals surface area contributed by atoms with Gasteiger partial charge in [-0.2, -0.15) is 0 Å². The van der Waals surface area contributed by atoms with Gasteiger partial charge in [-0.05, 0) is 37.8 Å². The first-order chi connectivity index (χ1) is 14.6. The molecule has 5 rings (SSSR count). The summed E-state index contributed by atoms with van der Waals surface area (Å²) in [6, 6.07) is 7.73. The van der Waals surface area contributed by atoms with Crippen LogP contribution in [-0.2, 0) is 19.1 Å². The lowest BCUT2D eigenvalue weighted by Crippen LogP contribution is -2.45. The molecule has 7 nitrogen and oxygen atoms in total. The maximum atomic E-state index is 13.3. The number of para-hydroxylation sites is 1. The second-order valence-electron chi connectivity index (χ2n) is 8.02. The number of thiazole rings is 1. The molecule has 0 spiro atoms. The maximum Gasteiger partial charge on any atom is 0.249 e. The third-order valence-corrected chi connectivity index (χ3v) is 7.18. The summed E-state index contributed by atoms with van der Waals surface area (Å²) in [7, 11) is 0. The zero-order valence-electron chi connectivity index (χ0n) is 16.5. The molecule has 2 fully saturated rings. The second kappa shape index (κ2) is 7.92. The number of amides is 3. The Labute approximate surface area is 178 Å². The highest BCUT2D eigenvalue weighted by Gasteiger charge is 2.48. The number of imide groups is 1. The number of allylic oxidation sites excluding steroid dienone is 2. The summed E-state index contributed by atoms with van der Waals surface area (Å²) >= 11 is 1.44. The van der Waals surface area contributed by atoms with Crippen LogP contribution in [0.4, 0.5) is 5.13 Å². The van der Waals surface area contributed by atoms with E-state index in [1.54, 1.807) is 4.90 Å². The Balaban J connectivity index is 1.40. The molecule has 3 heterocycles. The fourth-order valence-corrected chi connectivity index (χ4v) is 5.49. The number of nitrogens with zero attached hydrogens (tertiary/aromatic N) is 3. The van der Waals surface area contributed by atoms with Gasteiger partial charge in [0.1, 0.15) is 6.54 Å². The summed E-state index contributed by atoms with van der Waals surface area (Å²) in [5, 5.41) is 0.579. The lowest BCUT2D eigenvalue weighted by Gasteiger charge is -2.25. The number of carbonyl (C=O) groups is 3. The topological polar surface area (TPSA) is 79.8 Å². The quantitative estimate of drug-likeness (QED) is 0.544. The molecule has 1 aromatic carbocycles. The van der Waals surface area contributed by atoms with Crippen LogP contribution in [0, 0.1) is 11.8 Å². The van der Waals surface area contributed by atoms with E-state index in [-0.39, 0.29) is 42.2 Å². The number of benzene rings is 1. The van der Waals surface area contributed by atoms with E-state index < -0.39 is 0 Å². The maximum absolute atomic E-state index is 13.3. The van der Waals surface area contributed by atoms with Crippen LogP contribution in [0.25, 0.3) is 10.2 Å². The average molecular weight is 426 g/mol. The zero-order chi connectivity index (χ0) is 20.7. The van der Waals surface area contributed by atoms with Gasteiger partial charge in [0.2, 0.25) is 17.7 Å². The molecule has 3 atom stereocenters. The Morgan fingerprint density at radius 3 is 2.57 bits per heavy atom. The molecule has 3 amide bonds. The number of hydrogen-bond donors (Lipinski definition) is 0. The molecule has 30 heavy (non-hydrogen) atoms. The Morgan fingerprint density at radius 2 is 1.90 bits per heavy atom. The van der Waals surface area contributed by atoms with Crippen LogP contribution < -0.4 is 4.90 Å². The van der Waals surface area contributed by atoms with Crippen molar-refractivity contribution in [3.63, 3.8) is 0 Å². The number of carbonyl (C=O) groups excluding carboxylic acids is 3. The highest BCUT2D eigenvalue weighted by molar-refractivity contribution is 7.22. The van der Waals surface area contributed by atoms with Crippen molar-refractivity contribution in [3.8, 4) is 0 Å². The van der Waals surface area contributed by atoms with Gasteiger partial charge in [-0.1, -0.05) is 35.6 Å². The lowest BCUT2D eigenvalue weighted by molar-refractivity contribution is -0.143. The van der Waals surface area contributed by atoms with Crippen LogP contribution in [0.3, 0.4) is 0 Å². The fourth-order valence-electron chi connectivity index (χ4n) is 4.50. The van der Waals surface area contributed by atoms with Crippen LogP contribution in [0.2, 0.25) is 0 Å². The Hall–Kier alpha value is -2.58. The minimum absolute atomic E-state index is 0.0577. The van der Waals surface area contributed by atoms with Crippen molar-refractivity contribution < 1.29 is 19.1 Å². The molecular formula is C22H23N3O4S. The molecule has 0 bridgehead atoms. The van der Waals surface area contributed by atoms with E-state index in [1.165, 1.54) is 11.3 Å². The van der Waals surface area contributed by atoms with Gasteiger partial charge in [0.15, 0.2) is 5.13 Å². The first-order valence-corrected chi connectivity index (χ1v) is 11.2. The summed E-state index contributed by atoms with van der Waals surface area (Å²) in [4.78, 5) is 46.3.